The van der Waals surface area contributed by atoms with E-state index in [1.807, 2.05) is 0 Å². The first kappa shape index (κ1) is 19.4. The summed E-state index contributed by atoms with van der Waals surface area (Å²) in [7, 11) is 0. The predicted octanol–water partition coefficient (Wildman–Crippen LogP) is 7.23. The molecule has 0 aromatic rings. The molecular formula is C20H31F5. The van der Waals surface area contributed by atoms with Crippen LogP contribution >= 0.6 is 0 Å². The lowest BCUT2D eigenvalue weighted by molar-refractivity contribution is -0.321. The molecule has 0 heterocycles. The first-order valence-electron chi connectivity index (χ1n) is 9.68. The second-order valence-electron chi connectivity index (χ2n) is 10.2. The minimum absolute atomic E-state index is 0.0382. The van der Waals surface area contributed by atoms with Gasteiger partial charge in [-0.15, -0.1) is 0 Å². The van der Waals surface area contributed by atoms with E-state index in [1.165, 1.54) is 0 Å². The fraction of sp³-hybridized carbons (Fsp3) is 1.00. The van der Waals surface area contributed by atoms with Crippen LogP contribution in [0.15, 0.2) is 0 Å². The molecule has 0 unspecified atom stereocenters. The van der Waals surface area contributed by atoms with E-state index in [1.54, 1.807) is 13.8 Å². The minimum atomic E-state index is -4.12. The van der Waals surface area contributed by atoms with Crippen molar-refractivity contribution in [2.24, 2.45) is 34.0 Å². The molecule has 0 saturated heterocycles. The maximum absolute atomic E-state index is 13.5. The molecule has 0 amide bonds. The molecule has 1 spiro atoms. The van der Waals surface area contributed by atoms with E-state index >= 15 is 0 Å². The molecule has 3 fully saturated rings. The summed E-state index contributed by atoms with van der Waals surface area (Å²) in [4.78, 5) is 0. The molecule has 25 heavy (non-hydrogen) atoms. The second kappa shape index (κ2) is 5.58. The molecule has 3 rings (SSSR count). The van der Waals surface area contributed by atoms with Gasteiger partial charge in [0.1, 0.15) is 0 Å². The summed E-state index contributed by atoms with van der Waals surface area (Å²) in [5, 5.41) is 0. The number of rotatable bonds is 3. The van der Waals surface area contributed by atoms with Gasteiger partial charge in [-0.1, -0.05) is 27.7 Å². The monoisotopic (exact) mass is 366 g/mol. The zero-order chi connectivity index (χ0) is 18.9. The Morgan fingerprint density at radius 3 is 1.76 bits per heavy atom. The minimum Gasteiger partial charge on any atom is -0.207 e. The van der Waals surface area contributed by atoms with Crippen LogP contribution in [0.4, 0.5) is 22.0 Å². The van der Waals surface area contributed by atoms with Gasteiger partial charge in [-0.3, -0.25) is 0 Å². The van der Waals surface area contributed by atoms with Gasteiger partial charge in [0, 0.05) is 12.8 Å². The van der Waals surface area contributed by atoms with Crippen LogP contribution in [-0.2, 0) is 0 Å². The highest BCUT2D eigenvalue weighted by Gasteiger charge is 2.71. The van der Waals surface area contributed by atoms with E-state index in [-0.39, 0.29) is 48.3 Å². The van der Waals surface area contributed by atoms with Crippen molar-refractivity contribution in [3.05, 3.63) is 0 Å². The fourth-order valence-corrected chi connectivity index (χ4v) is 6.14. The van der Waals surface area contributed by atoms with Gasteiger partial charge >= 0.3 is 6.18 Å². The highest BCUT2D eigenvalue weighted by Crippen LogP contribution is 2.75. The van der Waals surface area contributed by atoms with Gasteiger partial charge in [0.2, 0.25) is 5.92 Å². The molecule has 146 valence electrons. The zero-order valence-corrected chi connectivity index (χ0v) is 15.8. The summed E-state index contributed by atoms with van der Waals surface area (Å²) in [5.41, 5.74) is -1.69. The van der Waals surface area contributed by atoms with Gasteiger partial charge in [0.25, 0.3) is 0 Å². The standard InChI is InChI=1S/C20H31F5/c1-13(2)18(20(23,24)25)11-17(12-18)9-15(10-17)16(3,4)14-5-7-19(21,22)8-6-14/h13-15H,5-12H2,1-4H3. The molecule has 0 aliphatic heterocycles. The molecule has 0 nitrogen and oxygen atoms in total. The van der Waals surface area contributed by atoms with Gasteiger partial charge in [0.05, 0.1) is 5.41 Å². The Balaban J connectivity index is 1.60. The molecule has 0 atom stereocenters. The van der Waals surface area contributed by atoms with Gasteiger partial charge in [-0.25, -0.2) is 8.78 Å². The van der Waals surface area contributed by atoms with E-state index in [4.69, 9.17) is 0 Å². The molecule has 5 heteroatoms. The summed E-state index contributed by atoms with van der Waals surface area (Å²) in [6.07, 6.45) is -0.902. The number of alkyl halides is 5. The SMILES string of the molecule is CC(C)C1(C(F)(F)F)CC2(CC(C(C)(C)C3CCC(F)(F)CC3)C2)C1. The smallest absolute Gasteiger partial charge is 0.207 e. The molecular weight excluding hydrogens is 335 g/mol. The Kier molecular flexibility index (Phi) is 4.33. The summed E-state index contributed by atoms with van der Waals surface area (Å²) in [6, 6.07) is 0. The lowest BCUT2D eigenvalue weighted by Gasteiger charge is -2.68. The van der Waals surface area contributed by atoms with Crippen LogP contribution in [0.1, 0.15) is 79.1 Å². The molecule has 3 saturated carbocycles. The van der Waals surface area contributed by atoms with Crippen LogP contribution in [0.3, 0.4) is 0 Å². The predicted molar refractivity (Wildman–Crippen MR) is 88.4 cm³/mol. The van der Waals surface area contributed by atoms with Crippen molar-refractivity contribution >= 4 is 0 Å². The van der Waals surface area contributed by atoms with Crippen LogP contribution in [-0.4, -0.2) is 12.1 Å². The highest BCUT2D eigenvalue weighted by molar-refractivity contribution is 5.15. The highest BCUT2D eigenvalue weighted by atomic mass is 19.4. The van der Waals surface area contributed by atoms with Crippen LogP contribution in [0.25, 0.3) is 0 Å². The lowest BCUT2D eigenvalue weighted by Crippen LogP contribution is -2.63. The van der Waals surface area contributed by atoms with Crippen LogP contribution < -0.4 is 0 Å². The Labute approximate surface area is 147 Å². The van der Waals surface area contributed by atoms with E-state index in [0.717, 1.165) is 12.8 Å². The molecule has 0 N–H and O–H groups in total. The number of hydrogen-bond acceptors (Lipinski definition) is 0. The van der Waals surface area contributed by atoms with Crippen molar-refractivity contribution in [2.75, 3.05) is 0 Å². The van der Waals surface area contributed by atoms with Gasteiger partial charge in [-0.2, -0.15) is 13.2 Å². The lowest BCUT2D eigenvalue weighted by atomic mass is 9.37. The first-order chi connectivity index (χ1) is 11.2. The molecule has 0 aromatic carbocycles. The third-order valence-corrected chi connectivity index (χ3v) is 8.23. The van der Waals surface area contributed by atoms with Crippen LogP contribution in [0.2, 0.25) is 0 Å². The van der Waals surface area contributed by atoms with Crippen molar-refractivity contribution in [1.29, 1.82) is 0 Å². The van der Waals surface area contributed by atoms with E-state index in [2.05, 4.69) is 13.8 Å². The molecule has 0 bridgehead atoms. The van der Waals surface area contributed by atoms with Crippen LogP contribution in [0, 0.1) is 34.0 Å². The Morgan fingerprint density at radius 2 is 1.36 bits per heavy atom. The van der Waals surface area contributed by atoms with E-state index < -0.39 is 17.5 Å². The summed E-state index contributed by atoms with van der Waals surface area (Å²) >= 11 is 0. The van der Waals surface area contributed by atoms with E-state index in [0.29, 0.717) is 18.8 Å². The maximum Gasteiger partial charge on any atom is 0.394 e. The van der Waals surface area contributed by atoms with Gasteiger partial charge in [0.15, 0.2) is 0 Å². The maximum atomic E-state index is 13.5. The topological polar surface area (TPSA) is 0 Å². The molecule has 3 aliphatic rings. The Hall–Kier alpha value is -0.350. The largest absolute Gasteiger partial charge is 0.394 e. The average Bonchev–Trinajstić information content (AvgIpc) is 2.32. The fourth-order valence-electron chi connectivity index (χ4n) is 6.14. The third kappa shape index (κ3) is 3.01. The summed E-state index contributed by atoms with van der Waals surface area (Å²) in [6.45, 7) is 7.67. The first-order valence-corrected chi connectivity index (χ1v) is 9.68. The molecule has 3 aliphatic carbocycles. The van der Waals surface area contributed by atoms with E-state index in [9.17, 15) is 22.0 Å². The second-order valence-corrected chi connectivity index (χ2v) is 10.2. The number of halogens is 5. The Bertz CT molecular complexity index is 493. The average molecular weight is 366 g/mol. The van der Waals surface area contributed by atoms with Crippen molar-refractivity contribution < 1.29 is 22.0 Å². The molecule has 0 radical (unpaired) electrons. The van der Waals surface area contributed by atoms with Gasteiger partial charge in [-0.05, 0) is 67.1 Å². The zero-order valence-electron chi connectivity index (χ0n) is 15.8. The molecule has 0 aromatic heterocycles. The third-order valence-electron chi connectivity index (χ3n) is 8.23. The van der Waals surface area contributed by atoms with Crippen molar-refractivity contribution in [1.82, 2.24) is 0 Å². The number of hydrogen-bond donors (Lipinski definition) is 0. The van der Waals surface area contributed by atoms with Crippen LogP contribution in [0.5, 0.6) is 0 Å². The normalized spacial score (nSPS) is 39.4. The van der Waals surface area contributed by atoms with Crippen molar-refractivity contribution in [3.63, 3.8) is 0 Å². The quantitative estimate of drug-likeness (QED) is 0.462. The van der Waals surface area contributed by atoms with Crippen molar-refractivity contribution in [3.8, 4) is 0 Å². The summed E-state index contributed by atoms with van der Waals surface area (Å²) in [5.74, 6) is -2.26. The Morgan fingerprint density at radius 1 is 0.880 bits per heavy atom. The van der Waals surface area contributed by atoms with Crippen molar-refractivity contribution in [2.45, 2.75) is 91.2 Å². The van der Waals surface area contributed by atoms with Gasteiger partial charge < -0.3 is 0 Å². The summed E-state index contributed by atoms with van der Waals surface area (Å²) < 4.78 is 67.4.